The van der Waals surface area contributed by atoms with E-state index in [1.807, 2.05) is 0 Å². The quantitative estimate of drug-likeness (QED) is 0.140. The molecular weight excluding hydrogens is 1260 g/mol. The van der Waals surface area contributed by atoms with Crippen LogP contribution < -0.4 is 0 Å². The molecule has 0 aromatic heterocycles. The Balaban J connectivity index is 0.000000108. The zero-order valence-corrected chi connectivity index (χ0v) is 58.2. The van der Waals surface area contributed by atoms with E-state index in [2.05, 4.69) is 413 Å². The summed E-state index contributed by atoms with van der Waals surface area (Å²) in [5.41, 5.74) is 19.1. The molecule has 0 spiro atoms. The summed E-state index contributed by atoms with van der Waals surface area (Å²) in [6, 6.07) is 148. The molecule has 0 aliphatic heterocycles. The number of benzene rings is 21. The highest BCUT2D eigenvalue weighted by Gasteiger charge is 2.21. The Labute approximate surface area is 611 Å². The first kappa shape index (κ1) is 62.5. The minimum atomic E-state index is 1.24. The standard InChI is InChI=1S/C36H24.C35H24.C34H22/c1-2-10-25(11-3-1)27-18-21-28(22-19-27)35-31-14-6-8-16-33(31)36(34-17-9-7-15-32(34)35)30-23-20-26-12-4-5-13-29(26)24-30;1-23-14-19-32-33(20-23)35(29-18-16-25-9-3-5-11-27(25)22-29)31-13-7-6-12-30(31)34(32)28-17-15-24-8-2-4-10-26(24)21-28;1-3-11-25-21-27(19-17-23(25)9-1)33-29-13-5-7-15-31(29)34(32-16-8-6-14-30(32)33)28-20-18-24-10-2-4-12-26(24)22-28/h1-24H;2-22H,1H3;1-22H. The van der Waals surface area contributed by atoms with Crippen LogP contribution >= 0.6 is 0 Å². The SMILES string of the molecule is Cc1ccc2c(-c3ccc4ccccc4c3)c3ccccc3c(-c3ccc4ccccc4c3)c2c1.c1ccc(-c2ccc(-c3c4ccccc4c(-c4ccc5ccccc5c4)c4ccccc34)cc2)cc1.c1ccc2cc(-c3c4ccccc4c(-c4ccc5ccccc5c4)c4ccccc34)ccc2c1. The second-order valence-corrected chi connectivity index (χ2v) is 27.8. The van der Waals surface area contributed by atoms with Gasteiger partial charge in [0.1, 0.15) is 0 Å². The highest BCUT2D eigenvalue weighted by Crippen LogP contribution is 2.49. The van der Waals surface area contributed by atoms with E-state index in [1.165, 1.54) is 202 Å². The summed E-state index contributed by atoms with van der Waals surface area (Å²) in [5, 5.41) is 28.2. The molecule has 0 radical (unpaired) electrons. The Hall–Kier alpha value is -13.5. The first-order chi connectivity index (χ1) is 52.0. The van der Waals surface area contributed by atoms with Gasteiger partial charge in [0.2, 0.25) is 0 Å². The molecular formula is C105H70. The van der Waals surface area contributed by atoms with Gasteiger partial charge in [0.15, 0.2) is 0 Å². The van der Waals surface area contributed by atoms with Gasteiger partial charge in [-0.05, 0) is 234 Å². The van der Waals surface area contributed by atoms with E-state index in [-0.39, 0.29) is 0 Å². The molecule has 21 aromatic carbocycles. The second kappa shape index (κ2) is 26.8. The molecule has 0 saturated heterocycles. The third-order valence-corrected chi connectivity index (χ3v) is 21.5. The molecule has 0 atom stereocenters. The van der Waals surface area contributed by atoms with Gasteiger partial charge < -0.3 is 0 Å². The average molecular weight is 1330 g/mol. The van der Waals surface area contributed by atoms with Crippen molar-refractivity contribution in [2.24, 2.45) is 0 Å². The van der Waals surface area contributed by atoms with E-state index in [0.717, 1.165) is 0 Å². The summed E-state index contributed by atoms with van der Waals surface area (Å²) in [6.45, 7) is 2.19. The molecule has 0 aliphatic rings. The van der Waals surface area contributed by atoms with Crippen LogP contribution in [0.3, 0.4) is 0 Å². The summed E-state index contributed by atoms with van der Waals surface area (Å²) in [6.07, 6.45) is 0. The van der Waals surface area contributed by atoms with Crippen LogP contribution in [-0.2, 0) is 0 Å². The fourth-order valence-corrected chi connectivity index (χ4v) is 16.6. The van der Waals surface area contributed by atoms with Crippen molar-refractivity contribution in [3.63, 3.8) is 0 Å². The number of hydrogen-bond acceptors (Lipinski definition) is 0. The van der Waals surface area contributed by atoms with Gasteiger partial charge in [0.25, 0.3) is 0 Å². The maximum Gasteiger partial charge on any atom is -0.00261 e. The van der Waals surface area contributed by atoms with E-state index in [9.17, 15) is 0 Å². The van der Waals surface area contributed by atoms with Gasteiger partial charge in [0.05, 0.1) is 0 Å². The fourth-order valence-electron chi connectivity index (χ4n) is 16.6. The van der Waals surface area contributed by atoms with E-state index in [1.54, 1.807) is 0 Å². The molecule has 0 aliphatic carbocycles. The van der Waals surface area contributed by atoms with Gasteiger partial charge in [-0.25, -0.2) is 0 Å². The molecule has 0 saturated carbocycles. The van der Waals surface area contributed by atoms with Crippen LogP contribution in [-0.4, -0.2) is 0 Å². The highest BCUT2D eigenvalue weighted by molar-refractivity contribution is 6.25. The Kier molecular flexibility index (Phi) is 15.9. The van der Waals surface area contributed by atoms with E-state index >= 15 is 0 Å². The molecule has 0 nitrogen and oxygen atoms in total. The van der Waals surface area contributed by atoms with Gasteiger partial charge in [-0.3, -0.25) is 0 Å². The van der Waals surface area contributed by atoms with Gasteiger partial charge in [0, 0.05) is 0 Å². The highest BCUT2D eigenvalue weighted by atomic mass is 14.2. The Morgan fingerprint density at radius 3 is 0.581 bits per heavy atom. The number of aryl methyl sites for hydroxylation is 1. The minimum Gasteiger partial charge on any atom is -0.0622 e. The van der Waals surface area contributed by atoms with Crippen molar-refractivity contribution in [3.8, 4) is 77.9 Å². The van der Waals surface area contributed by atoms with Crippen molar-refractivity contribution in [3.05, 3.63) is 412 Å². The third-order valence-electron chi connectivity index (χ3n) is 21.5. The molecule has 21 rings (SSSR count). The molecule has 0 unspecified atom stereocenters. The molecule has 0 fully saturated rings. The van der Waals surface area contributed by atoms with Crippen molar-refractivity contribution >= 4 is 118 Å². The molecule has 0 heteroatoms. The summed E-state index contributed by atoms with van der Waals surface area (Å²) in [7, 11) is 0. The van der Waals surface area contributed by atoms with Crippen LogP contribution in [0.2, 0.25) is 0 Å². The first-order valence-electron chi connectivity index (χ1n) is 36.4. The zero-order chi connectivity index (χ0) is 69.7. The Morgan fingerprint density at radius 1 is 0.114 bits per heavy atom. The maximum absolute atomic E-state index is 2.36. The van der Waals surface area contributed by atoms with Crippen LogP contribution in [0.25, 0.3) is 196 Å². The van der Waals surface area contributed by atoms with Crippen molar-refractivity contribution < 1.29 is 0 Å². The summed E-state index contributed by atoms with van der Waals surface area (Å²) >= 11 is 0. The first-order valence-corrected chi connectivity index (χ1v) is 36.4. The Bertz CT molecular complexity index is 6710. The third kappa shape index (κ3) is 11.5. The fraction of sp³-hybridized carbons (Fsp3) is 0.00952. The lowest BCUT2D eigenvalue weighted by Gasteiger charge is -2.19. The van der Waals surface area contributed by atoms with E-state index in [0.29, 0.717) is 0 Å². The van der Waals surface area contributed by atoms with Crippen molar-refractivity contribution in [1.82, 2.24) is 0 Å². The zero-order valence-electron chi connectivity index (χ0n) is 58.2. The van der Waals surface area contributed by atoms with Gasteiger partial charge in [-0.1, -0.05) is 382 Å². The molecule has 105 heavy (non-hydrogen) atoms. The lowest BCUT2D eigenvalue weighted by Crippen LogP contribution is -1.92. The van der Waals surface area contributed by atoms with Crippen molar-refractivity contribution in [2.75, 3.05) is 0 Å². The molecule has 0 amide bonds. The van der Waals surface area contributed by atoms with E-state index < -0.39 is 0 Å². The lowest BCUT2D eigenvalue weighted by molar-refractivity contribution is 1.51. The maximum atomic E-state index is 2.36. The van der Waals surface area contributed by atoms with Gasteiger partial charge >= 0.3 is 0 Å². The molecule has 0 N–H and O–H groups in total. The second-order valence-electron chi connectivity index (χ2n) is 27.8. The topological polar surface area (TPSA) is 0 Å². The summed E-state index contributed by atoms with van der Waals surface area (Å²) < 4.78 is 0. The average Bonchev–Trinajstić information content (AvgIpc) is 0.751. The number of fused-ring (bicyclic) bond motifs is 11. The predicted molar refractivity (Wildman–Crippen MR) is 455 cm³/mol. The number of rotatable bonds is 7. The lowest BCUT2D eigenvalue weighted by atomic mass is 9.84. The minimum absolute atomic E-state index is 1.24. The summed E-state index contributed by atoms with van der Waals surface area (Å²) in [5.74, 6) is 0. The normalized spacial score (nSPS) is 11.5. The Morgan fingerprint density at radius 2 is 0.305 bits per heavy atom. The van der Waals surface area contributed by atoms with Crippen LogP contribution in [0.4, 0.5) is 0 Å². The van der Waals surface area contributed by atoms with Crippen LogP contribution in [0.15, 0.2) is 406 Å². The summed E-state index contributed by atoms with van der Waals surface area (Å²) in [4.78, 5) is 0. The molecule has 0 bridgehead atoms. The van der Waals surface area contributed by atoms with E-state index in [4.69, 9.17) is 0 Å². The van der Waals surface area contributed by atoms with Crippen molar-refractivity contribution in [2.45, 2.75) is 6.92 Å². The monoisotopic (exact) mass is 1330 g/mol. The van der Waals surface area contributed by atoms with Crippen LogP contribution in [0.5, 0.6) is 0 Å². The molecule has 21 aromatic rings. The molecule has 490 valence electrons. The predicted octanol–water partition coefficient (Wildman–Crippen LogP) is 29.7. The largest absolute Gasteiger partial charge is 0.0622 e. The van der Waals surface area contributed by atoms with Crippen LogP contribution in [0.1, 0.15) is 5.56 Å². The van der Waals surface area contributed by atoms with Crippen molar-refractivity contribution in [1.29, 1.82) is 0 Å². The van der Waals surface area contributed by atoms with Gasteiger partial charge in [-0.2, -0.15) is 0 Å². The smallest absolute Gasteiger partial charge is 0.00261 e. The van der Waals surface area contributed by atoms with Gasteiger partial charge in [-0.15, -0.1) is 0 Å². The number of hydrogen-bond donors (Lipinski definition) is 0. The van der Waals surface area contributed by atoms with Crippen LogP contribution in [0, 0.1) is 6.92 Å². The molecule has 0 heterocycles.